The summed E-state index contributed by atoms with van der Waals surface area (Å²) in [4.78, 5) is 14.3. The topological polar surface area (TPSA) is 32.3 Å². The number of carbonyl (C=O) groups is 1. The van der Waals surface area contributed by atoms with Crippen molar-refractivity contribution < 1.29 is 4.79 Å². The highest BCUT2D eigenvalue weighted by Crippen LogP contribution is 2.23. The predicted octanol–water partition coefficient (Wildman–Crippen LogP) is 2.44. The molecule has 1 heterocycles. The molecule has 2 aliphatic rings. The molecule has 1 amide bonds. The molecule has 0 spiro atoms. The lowest BCUT2D eigenvalue weighted by molar-refractivity contribution is -0.124. The SMILES string of the molecule is O=C(NC1CC1)C1CCN(Cc2cccc(Cl)c2)C1. The zero-order valence-electron chi connectivity index (χ0n) is 10.9. The monoisotopic (exact) mass is 278 g/mol. The molecule has 1 aromatic rings. The van der Waals surface area contributed by atoms with Crippen molar-refractivity contribution in [2.75, 3.05) is 13.1 Å². The molecular formula is C15H19ClN2O. The first-order chi connectivity index (χ1) is 9.20. The van der Waals surface area contributed by atoms with Crippen molar-refractivity contribution in [2.45, 2.75) is 31.8 Å². The first-order valence-corrected chi connectivity index (χ1v) is 7.36. The highest BCUT2D eigenvalue weighted by atomic mass is 35.5. The van der Waals surface area contributed by atoms with Crippen LogP contribution in [0.2, 0.25) is 5.02 Å². The Labute approximate surface area is 118 Å². The van der Waals surface area contributed by atoms with Gasteiger partial charge in [-0.1, -0.05) is 23.7 Å². The van der Waals surface area contributed by atoms with Crippen LogP contribution in [0.3, 0.4) is 0 Å². The number of nitrogens with zero attached hydrogens (tertiary/aromatic N) is 1. The molecule has 0 bridgehead atoms. The van der Waals surface area contributed by atoms with E-state index in [1.54, 1.807) is 0 Å². The third-order valence-corrected chi connectivity index (χ3v) is 4.10. The van der Waals surface area contributed by atoms with Crippen LogP contribution in [-0.4, -0.2) is 29.9 Å². The number of amides is 1. The maximum absolute atomic E-state index is 12.0. The minimum Gasteiger partial charge on any atom is -0.353 e. The minimum absolute atomic E-state index is 0.166. The minimum atomic E-state index is 0.166. The Morgan fingerprint density at radius 2 is 2.21 bits per heavy atom. The van der Waals surface area contributed by atoms with Crippen LogP contribution in [0, 0.1) is 5.92 Å². The van der Waals surface area contributed by atoms with Crippen molar-refractivity contribution in [1.82, 2.24) is 10.2 Å². The van der Waals surface area contributed by atoms with Crippen LogP contribution in [0.5, 0.6) is 0 Å². The van der Waals surface area contributed by atoms with Gasteiger partial charge in [-0.3, -0.25) is 9.69 Å². The van der Waals surface area contributed by atoms with Crippen LogP contribution in [0.25, 0.3) is 0 Å². The number of benzene rings is 1. The molecule has 1 N–H and O–H groups in total. The Balaban J connectivity index is 1.52. The molecule has 1 aliphatic carbocycles. The average Bonchev–Trinajstić information content (AvgIpc) is 3.06. The van der Waals surface area contributed by atoms with Crippen LogP contribution in [-0.2, 0) is 11.3 Å². The van der Waals surface area contributed by atoms with E-state index in [9.17, 15) is 4.79 Å². The van der Waals surface area contributed by atoms with E-state index in [2.05, 4.69) is 16.3 Å². The zero-order valence-corrected chi connectivity index (χ0v) is 11.7. The molecule has 1 saturated heterocycles. The molecule has 4 heteroatoms. The average molecular weight is 279 g/mol. The standard InChI is InChI=1S/C15H19ClN2O/c16-13-3-1-2-11(8-13)9-18-7-6-12(10-18)15(19)17-14-4-5-14/h1-3,8,12,14H,4-7,9-10H2,(H,17,19). The zero-order chi connectivity index (χ0) is 13.2. The number of nitrogens with one attached hydrogen (secondary N) is 1. The van der Waals surface area contributed by atoms with E-state index >= 15 is 0 Å². The van der Waals surface area contributed by atoms with Crippen LogP contribution < -0.4 is 5.32 Å². The van der Waals surface area contributed by atoms with Gasteiger partial charge < -0.3 is 5.32 Å². The van der Waals surface area contributed by atoms with Gasteiger partial charge in [0.15, 0.2) is 0 Å². The van der Waals surface area contributed by atoms with Crippen LogP contribution in [0.4, 0.5) is 0 Å². The maximum atomic E-state index is 12.0. The Morgan fingerprint density at radius 3 is 2.95 bits per heavy atom. The molecule has 1 unspecified atom stereocenters. The largest absolute Gasteiger partial charge is 0.353 e. The Morgan fingerprint density at radius 1 is 1.37 bits per heavy atom. The summed E-state index contributed by atoms with van der Waals surface area (Å²) in [5.41, 5.74) is 1.22. The normalized spacial score (nSPS) is 23.5. The Hall–Kier alpha value is -1.06. The predicted molar refractivity (Wildman–Crippen MR) is 76.0 cm³/mol. The second-order valence-electron chi connectivity index (χ2n) is 5.63. The lowest BCUT2D eigenvalue weighted by atomic mass is 10.1. The van der Waals surface area contributed by atoms with Gasteiger partial charge in [-0.2, -0.15) is 0 Å². The fraction of sp³-hybridized carbons (Fsp3) is 0.533. The molecule has 1 aromatic carbocycles. The molecule has 0 aromatic heterocycles. The van der Waals surface area contributed by atoms with Gasteiger partial charge in [-0.25, -0.2) is 0 Å². The van der Waals surface area contributed by atoms with E-state index in [1.165, 1.54) is 5.56 Å². The van der Waals surface area contributed by atoms with Gasteiger partial charge in [-0.05, 0) is 43.5 Å². The summed E-state index contributed by atoms with van der Waals surface area (Å²) in [6.45, 7) is 2.74. The van der Waals surface area contributed by atoms with E-state index in [0.717, 1.165) is 43.9 Å². The molecule has 3 rings (SSSR count). The van der Waals surface area contributed by atoms with Crippen molar-refractivity contribution in [3.8, 4) is 0 Å². The van der Waals surface area contributed by atoms with Crippen LogP contribution in [0.1, 0.15) is 24.8 Å². The van der Waals surface area contributed by atoms with Gasteiger partial charge in [0.05, 0.1) is 5.92 Å². The molecule has 1 atom stereocenters. The smallest absolute Gasteiger partial charge is 0.224 e. The summed E-state index contributed by atoms with van der Waals surface area (Å²) in [6, 6.07) is 8.42. The van der Waals surface area contributed by atoms with Crippen LogP contribution >= 0.6 is 11.6 Å². The first kappa shape index (κ1) is 12.9. The third-order valence-electron chi connectivity index (χ3n) is 3.86. The lowest BCUT2D eigenvalue weighted by Gasteiger charge is -2.16. The maximum Gasteiger partial charge on any atom is 0.224 e. The molecule has 102 valence electrons. The molecule has 0 radical (unpaired) electrons. The van der Waals surface area contributed by atoms with E-state index in [0.29, 0.717) is 6.04 Å². The van der Waals surface area contributed by atoms with Crippen molar-refractivity contribution in [1.29, 1.82) is 0 Å². The molecule has 1 aliphatic heterocycles. The van der Waals surface area contributed by atoms with Crippen molar-refractivity contribution in [3.63, 3.8) is 0 Å². The fourth-order valence-corrected chi connectivity index (χ4v) is 2.84. The number of rotatable bonds is 4. The van der Waals surface area contributed by atoms with Crippen molar-refractivity contribution in [2.24, 2.45) is 5.92 Å². The molecule has 1 saturated carbocycles. The molecule has 2 fully saturated rings. The Bertz CT molecular complexity index is 473. The highest BCUT2D eigenvalue weighted by molar-refractivity contribution is 6.30. The molecule has 3 nitrogen and oxygen atoms in total. The van der Waals surface area contributed by atoms with Crippen LogP contribution in [0.15, 0.2) is 24.3 Å². The fourth-order valence-electron chi connectivity index (χ4n) is 2.63. The highest BCUT2D eigenvalue weighted by Gasteiger charge is 2.31. The van der Waals surface area contributed by atoms with Gasteiger partial charge in [-0.15, -0.1) is 0 Å². The van der Waals surface area contributed by atoms with E-state index < -0.39 is 0 Å². The van der Waals surface area contributed by atoms with Gasteiger partial charge in [0, 0.05) is 24.2 Å². The summed E-state index contributed by atoms with van der Waals surface area (Å²) < 4.78 is 0. The lowest BCUT2D eigenvalue weighted by Crippen LogP contribution is -2.34. The number of hydrogen-bond acceptors (Lipinski definition) is 2. The van der Waals surface area contributed by atoms with Crippen molar-refractivity contribution >= 4 is 17.5 Å². The second kappa shape index (κ2) is 5.51. The quantitative estimate of drug-likeness (QED) is 0.917. The number of likely N-dealkylation sites (tertiary alicyclic amines) is 1. The summed E-state index contributed by atoms with van der Waals surface area (Å²) in [6.07, 6.45) is 3.29. The summed E-state index contributed by atoms with van der Waals surface area (Å²) in [5.74, 6) is 0.413. The number of carbonyl (C=O) groups excluding carboxylic acids is 1. The van der Waals surface area contributed by atoms with E-state index in [4.69, 9.17) is 11.6 Å². The van der Waals surface area contributed by atoms with Gasteiger partial charge in [0.1, 0.15) is 0 Å². The Kier molecular flexibility index (Phi) is 3.76. The number of halogens is 1. The van der Waals surface area contributed by atoms with Gasteiger partial charge >= 0.3 is 0 Å². The summed E-state index contributed by atoms with van der Waals surface area (Å²) in [5, 5.41) is 3.88. The second-order valence-corrected chi connectivity index (χ2v) is 6.07. The molecular weight excluding hydrogens is 260 g/mol. The first-order valence-electron chi connectivity index (χ1n) is 6.98. The van der Waals surface area contributed by atoms with E-state index in [-0.39, 0.29) is 11.8 Å². The van der Waals surface area contributed by atoms with E-state index in [1.807, 2.05) is 18.2 Å². The molecule has 19 heavy (non-hydrogen) atoms. The number of hydrogen-bond donors (Lipinski definition) is 1. The van der Waals surface area contributed by atoms with Gasteiger partial charge in [0.25, 0.3) is 0 Å². The summed E-state index contributed by atoms with van der Waals surface area (Å²) in [7, 11) is 0. The van der Waals surface area contributed by atoms with Crippen molar-refractivity contribution in [3.05, 3.63) is 34.9 Å². The van der Waals surface area contributed by atoms with Gasteiger partial charge in [0.2, 0.25) is 5.91 Å². The summed E-state index contributed by atoms with van der Waals surface area (Å²) >= 11 is 5.99. The third kappa shape index (κ3) is 3.48.